The number of hydrogen-bond acceptors (Lipinski definition) is 3. The van der Waals surface area contributed by atoms with Crippen LogP contribution in [0.3, 0.4) is 0 Å². The van der Waals surface area contributed by atoms with E-state index >= 15 is 0 Å². The summed E-state index contributed by atoms with van der Waals surface area (Å²) in [5.41, 5.74) is 0. The van der Waals surface area contributed by atoms with Gasteiger partial charge in [-0.3, -0.25) is 0 Å². The minimum atomic E-state index is 0.566. The van der Waals surface area contributed by atoms with Crippen LogP contribution in [0.1, 0.15) is 29.2 Å². The standard InChI is InChI=1S/C13H17NOS/c1-10(13-4-3-7-16-13)8-14-9-12-6-5-11(2)15-12/h3-7,10,14H,8-9H2,1-2H3. The van der Waals surface area contributed by atoms with Crippen molar-refractivity contribution in [1.29, 1.82) is 0 Å². The van der Waals surface area contributed by atoms with Crippen molar-refractivity contribution < 1.29 is 4.42 Å². The first-order valence-electron chi connectivity index (χ1n) is 5.55. The Hall–Kier alpha value is -1.06. The van der Waals surface area contributed by atoms with Crippen LogP contribution in [0.2, 0.25) is 0 Å². The van der Waals surface area contributed by atoms with Gasteiger partial charge in [-0.05, 0) is 30.5 Å². The van der Waals surface area contributed by atoms with E-state index in [2.05, 4.69) is 29.8 Å². The number of thiophene rings is 1. The van der Waals surface area contributed by atoms with E-state index in [1.54, 1.807) is 0 Å². The second-order valence-corrected chi connectivity index (χ2v) is 5.04. The third-order valence-electron chi connectivity index (χ3n) is 2.57. The van der Waals surface area contributed by atoms with Crippen molar-refractivity contribution in [1.82, 2.24) is 5.32 Å². The molecule has 0 bridgehead atoms. The van der Waals surface area contributed by atoms with Gasteiger partial charge in [-0.15, -0.1) is 11.3 Å². The summed E-state index contributed by atoms with van der Waals surface area (Å²) in [7, 11) is 0. The molecule has 0 saturated carbocycles. The summed E-state index contributed by atoms with van der Waals surface area (Å²) in [6.07, 6.45) is 0. The Morgan fingerprint density at radius 3 is 2.88 bits per heavy atom. The SMILES string of the molecule is Cc1ccc(CNCC(C)c2cccs2)o1. The zero-order chi connectivity index (χ0) is 11.4. The van der Waals surface area contributed by atoms with Gasteiger partial charge in [0.25, 0.3) is 0 Å². The van der Waals surface area contributed by atoms with Crippen LogP contribution in [0.4, 0.5) is 0 Å². The number of furan rings is 1. The van der Waals surface area contributed by atoms with Gasteiger partial charge in [0.15, 0.2) is 0 Å². The van der Waals surface area contributed by atoms with E-state index in [4.69, 9.17) is 4.42 Å². The van der Waals surface area contributed by atoms with Crippen molar-refractivity contribution in [3.8, 4) is 0 Å². The predicted octanol–water partition coefficient (Wildman–Crippen LogP) is 3.54. The Morgan fingerprint density at radius 2 is 2.25 bits per heavy atom. The van der Waals surface area contributed by atoms with Crippen molar-refractivity contribution in [3.05, 3.63) is 46.0 Å². The zero-order valence-electron chi connectivity index (χ0n) is 9.69. The van der Waals surface area contributed by atoms with Crippen LogP contribution in [-0.2, 0) is 6.54 Å². The minimum Gasteiger partial charge on any atom is -0.465 e. The molecule has 3 heteroatoms. The quantitative estimate of drug-likeness (QED) is 0.857. The van der Waals surface area contributed by atoms with Gasteiger partial charge in [0, 0.05) is 17.3 Å². The van der Waals surface area contributed by atoms with Crippen LogP contribution in [0.5, 0.6) is 0 Å². The van der Waals surface area contributed by atoms with E-state index in [0.29, 0.717) is 5.92 Å². The number of nitrogens with one attached hydrogen (secondary N) is 1. The summed E-state index contributed by atoms with van der Waals surface area (Å²) in [6, 6.07) is 8.32. The Morgan fingerprint density at radius 1 is 1.38 bits per heavy atom. The molecule has 1 unspecified atom stereocenters. The zero-order valence-corrected chi connectivity index (χ0v) is 10.5. The molecule has 0 aliphatic heterocycles. The first kappa shape index (κ1) is 11.4. The van der Waals surface area contributed by atoms with Crippen LogP contribution in [0.25, 0.3) is 0 Å². The largest absolute Gasteiger partial charge is 0.465 e. The van der Waals surface area contributed by atoms with Crippen LogP contribution in [-0.4, -0.2) is 6.54 Å². The summed E-state index contributed by atoms with van der Waals surface area (Å²) in [6.45, 7) is 6.01. The summed E-state index contributed by atoms with van der Waals surface area (Å²) in [5, 5.41) is 5.54. The Labute approximate surface area is 100 Å². The van der Waals surface area contributed by atoms with E-state index in [1.165, 1.54) is 4.88 Å². The Kier molecular flexibility index (Phi) is 3.80. The van der Waals surface area contributed by atoms with Crippen molar-refractivity contribution in [2.24, 2.45) is 0 Å². The average Bonchev–Trinajstić information content (AvgIpc) is 2.89. The molecule has 0 amide bonds. The van der Waals surface area contributed by atoms with Crippen molar-refractivity contribution in [2.45, 2.75) is 26.3 Å². The molecule has 0 spiro atoms. The van der Waals surface area contributed by atoms with Crippen LogP contribution >= 0.6 is 11.3 Å². The van der Waals surface area contributed by atoms with E-state index < -0.39 is 0 Å². The van der Waals surface area contributed by atoms with Crippen molar-refractivity contribution >= 4 is 11.3 Å². The minimum absolute atomic E-state index is 0.566. The van der Waals surface area contributed by atoms with E-state index in [1.807, 2.05) is 30.4 Å². The third-order valence-corrected chi connectivity index (χ3v) is 3.68. The molecular formula is C13H17NOS. The van der Waals surface area contributed by atoms with Crippen LogP contribution < -0.4 is 5.32 Å². The lowest BCUT2D eigenvalue weighted by Crippen LogP contribution is -2.18. The summed E-state index contributed by atoms with van der Waals surface area (Å²) < 4.78 is 5.50. The second-order valence-electron chi connectivity index (χ2n) is 4.06. The Bertz CT molecular complexity index is 419. The monoisotopic (exact) mass is 235 g/mol. The van der Waals surface area contributed by atoms with Crippen LogP contribution in [0.15, 0.2) is 34.1 Å². The molecule has 2 rings (SSSR count). The lowest BCUT2D eigenvalue weighted by Gasteiger charge is -2.09. The molecule has 2 aromatic rings. The molecule has 0 aliphatic carbocycles. The first-order chi connectivity index (χ1) is 7.75. The third kappa shape index (κ3) is 2.97. The summed E-state index contributed by atoms with van der Waals surface area (Å²) in [5.74, 6) is 2.55. The lowest BCUT2D eigenvalue weighted by molar-refractivity contribution is 0.458. The second kappa shape index (κ2) is 5.32. The summed E-state index contributed by atoms with van der Waals surface area (Å²) in [4.78, 5) is 1.43. The van der Waals surface area contributed by atoms with E-state index in [-0.39, 0.29) is 0 Å². The fourth-order valence-corrected chi connectivity index (χ4v) is 2.45. The molecule has 1 atom stereocenters. The van der Waals surface area contributed by atoms with Crippen molar-refractivity contribution in [3.63, 3.8) is 0 Å². The molecule has 0 aromatic carbocycles. The molecule has 2 aromatic heterocycles. The van der Waals surface area contributed by atoms with Gasteiger partial charge in [0.2, 0.25) is 0 Å². The molecule has 86 valence electrons. The van der Waals surface area contributed by atoms with Gasteiger partial charge in [-0.1, -0.05) is 13.0 Å². The summed E-state index contributed by atoms with van der Waals surface area (Å²) >= 11 is 1.82. The smallest absolute Gasteiger partial charge is 0.117 e. The predicted molar refractivity (Wildman–Crippen MR) is 67.9 cm³/mol. The fourth-order valence-electron chi connectivity index (χ4n) is 1.66. The Balaban J connectivity index is 1.76. The van der Waals surface area contributed by atoms with Gasteiger partial charge in [0.05, 0.1) is 6.54 Å². The highest BCUT2D eigenvalue weighted by atomic mass is 32.1. The normalized spacial score (nSPS) is 12.9. The van der Waals surface area contributed by atoms with E-state index in [9.17, 15) is 0 Å². The molecule has 2 nitrogen and oxygen atoms in total. The lowest BCUT2D eigenvalue weighted by atomic mass is 10.1. The van der Waals surface area contributed by atoms with Gasteiger partial charge < -0.3 is 9.73 Å². The molecule has 16 heavy (non-hydrogen) atoms. The first-order valence-corrected chi connectivity index (χ1v) is 6.43. The molecule has 0 aliphatic rings. The fraction of sp³-hybridized carbons (Fsp3) is 0.385. The van der Waals surface area contributed by atoms with Gasteiger partial charge in [-0.2, -0.15) is 0 Å². The van der Waals surface area contributed by atoms with Gasteiger partial charge >= 0.3 is 0 Å². The molecule has 2 heterocycles. The van der Waals surface area contributed by atoms with E-state index in [0.717, 1.165) is 24.6 Å². The molecule has 0 saturated heterocycles. The highest BCUT2D eigenvalue weighted by molar-refractivity contribution is 7.10. The number of rotatable bonds is 5. The van der Waals surface area contributed by atoms with Gasteiger partial charge in [-0.25, -0.2) is 0 Å². The number of hydrogen-bond donors (Lipinski definition) is 1. The molecular weight excluding hydrogens is 218 g/mol. The maximum Gasteiger partial charge on any atom is 0.117 e. The van der Waals surface area contributed by atoms with Crippen LogP contribution in [0, 0.1) is 6.92 Å². The maximum absolute atomic E-state index is 5.50. The van der Waals surface area contributed by atoms with Crippen molar-refractivity contribution in [2.75, 3.05) is 6.54 Å². The number of aryl methyl sites for hydroxylation is 1. The van der Waals surface area contributed by atoms with Gasteiger partial charge in [0.1, 0.15) is 11.5 Å². The average molecular weight is 235 g/mol. The maximum atomic E-state index is 5.50. The molecule has 0 fully saturated rings. The highest BCUT2D eigenvalue weighted by Crippen LogP contribution is 2.19. The molecule has 0 radical (unpaired) electrons. The topological polar surface area (TPSA) is 25.2 Å². The highest BCUT2D eigenvalue weighted by Gasteiger charge is 2.06. The molecule has 1 N–H and O–H groups in total.